The summed E-state index contributed by atoms with van der Waals surface area (Å²) < 4.78 is 26.9. The van der Waals surface area contributed by atoms with Crippen LogP contribution < -0.4 is 10.5 Å². The molecule has 1 aliphatic rings. The Bertz CT molecular complexity index is 508. The summed E-state index contributed by atoms with van der Waals surface area (Å²) in [5.41, 5.74) is 5.86. The molecule has 1 aromatic carbocycles. The molecule has 7 heteroatoms. The van der Waals surface area contributed by atoms with Gasteiger partial charge in [0.2, 0.25) is 10.0 Å². The lowest BCUT2D eigenvalue weighted by atomic mass is 10.2. The number of nitrogens with one attached hydrogen (secondary N) is 1. The molecule has 0 bridgehead atoms. The average molecular weight is 307 g/mol. The Morgan fingerprint density at radius 1 is 1.50 bits per heavy atom. The molecule has 1 atom stereocenters. The minimum Gasteiger partial charge on any atom is -0.398 e. The van der Waals surface area contributed by atoms with E-state index in [9.17, 15) is 8.42 Å². The zero-order valence-electron chi connectivity index (χ0n) is 9.73. The van der Waals surface area contributed by atoms with Gasteiger partial charge in [0.25, 0.3) is 0 Å². The standard InChI is InChI=1S/C11H15ClN2O2S2/c12-9-4-1-5-10(13)11(9)18(15,16)14-7-8-3-2-6-17-8/h1,4-5,8,14H,2-3,6-7,13H2. The smallest absolute Gasteiger partial charge is 0.244 e. The molecule has 1 unspecified atom stereocenters. The summed E-state index contributed by atoms with van der Waals surface area (Å²) in [5, 5.41) is 0.505. The van der Waals surface area contributed by atoms with Crippen molar-refractivity contribution in [1.29, 1.82) is 0 Å². The highest BCUT2D eigenvalue weighted by Crippen LogP contribution is 2.28. The van der Waals surface area contributed by atoms with Gasteiger partial charge in [-0.3, -0.25) is 0 Å². The Labute approximate surface area is 116 Å². The number of sulfonamides is 1. The third kappa shape index (κ3) is 3.12. The van der Waals surface area contributed by atoms with Crippen molar-refractivity contribution in [1.82, 2.24) is 4.72 Å². The Morgan fingerprint density at radius 2 is 2.28 bits per heavy atom. The lowest BCUT2D eigenvalue weighted by Crippen LogP contribution is -2.30. The molecule has 4 nitrogen and oxygen atoms in total. The van der Waals surface area contributed by atoms with E-state index >= 15 is 0 Å². The van der Waals surface area contributed by atoms with Crippen molar-refractivity contribution in [2.45, 2.75) is 23.0 Å². The first-order chi connectivity index (χ1) is 8.50. The summed E-state index contributed by atoms with van der Waals surface area (Å²) in [5.74, 6) is 1.10. The second-order valence-corrected chi connectivity index (χ2v) is 7.66. The highest BCUT2D eigenvalue weighted by molar-refractivity contribution is 8.00. The normalized spacial score (nSPS) is 20.2. The van der Waals surface area contributed by atoms with Crippen LogP contribution in [0.2, 0.25) is 5.02 Å². The van der Waals surface area contributed by atoms with Crippen molar-refractivity contribution in [3.63, 3.8) is 0 Å². The van der Waals surface area contributed by atoms with E-state index in [0.29, 0.717) is 11.8 Å². The number of halogens is 1. The summed E-state index contributed by atoms with van der Waals surface area (Å²) in [4.78, 5) is -0.0188. The molecule has 1 heterocycles. The first-order valence-electron chi connectivity index (χ1n) is 5.66. The number of hydrogen-bond donors (Lipinski definition) is 2. The summed E-state index contributed by atoms with van der Waals surface area (Å²) in [6.45, 7) is 0.428. The van der Waals surface area contributed by atoms with Crippen LogP contribution in [0.5, 0.6) is 0 Å². The Morgan fingerprint density at radius 3 is 2.89 bits per heavy atom. The third-order valence-electron chi connectivity index (χ3n) is 2.79. The predicted octanol–water partition coefficient (Wildman–Crippen LogP) is 2.10. The van der Waals surface area contributed by atoms with Gasteiger partial charge in [0.1, 0.15) is 4.90 Å². The second-order valence-electron chi connectivity index (χ2n) is 4.15. The molecular formula is C11H15ClN2O2S2. The fourth-order valence-corrected chi connectivity index (χ4v) is 4.95. The van der Waals surface area contributed by atoms with Gasteiger partial charge < -0.3 is 5.73 Å². The second kappa shape index (κ2) is 5.69. The molecular weight excluding hydrogens is 292 g/mol. The van der Waals surface area contributed by atoms with Crippen molar-refractivity contribution < 1.29 is 8.42 Å². The average Bonchev–Trinajstić information content (AvgIpc) is 2.78. The van der Waals surface area contributed by atoms with E-state index in [1.807, 2.05) is 0 Å². The quantitative estimate of drug-likeness (QED) is 0.836. The summed E-state index contributed by atoms with van der Waals surface area (Å²) in [6, 6.07) is 4.69. The number of anilines is 1. The number of rotatable bonds is 4. The monoisotopic (exact) mass is 306 g/mol. The zero-order chi connectivity index (χ0) is 13.2. The van der Waals surface area contributed by atoms with Gasteiger partial charge in [-0.1, -0.05) is 17.7 Å². The van der Waals surface area contributed by atoms with Gasteiger partial charge in [0.15, 0.2) is 0 Å². The number of nitrogen functional groups attached to an aromatic ring is 1. The zero-order valence-corrected chi connectivity index (χ0v) is 12.1. The lowest BCUT2D eigenvalue weighted by molar-refractivity contribution is 0.579. The summed E-state index contributed by atoms with van der Waals surface area (Å²) in [7, 11) is -3.63. The van der Waals surface area contributed by atoms with Crippen LogP contribution in [-0.2, 0) is 10.0 Å². The van der Waals surface area contributed by atoms with Gasteiger partial charge in [-0.2, -0.15) is 11.8 Å². The van der Waals surface area contributed by atoms with Crippen LogP contribution in [-0.4, -0.2) is 26.0 Å². The van der Waals surface area contributed by atoms with Crippen LogP contribution in [0, 0.1) is 0 Å². The van der Waals surface area contributed by atoms with E-state index in [2.05, 4.69) is 4.72 Å². The molecule has 1 aromatic rings. The van der Waals surface area contributed by atoms with Crippen LogP contribution in [0.15, 0.2) is 23.1 Å². The van der Waals surface area contributed by atoms with E-state index in [1.54, 1.807) is 17.8 Å². The van der Waals surface area contributed by atoms with E-state index < -0.39 is 10.0 Å². The Balaban J connectivity index is 2.15. The molecule has 0 amide bonds. The summed E-state index contributed by atoms with van der Waals surface area (Å²) >= 11 is 7.70. The molecule has 0 spiro atoms. The summed E-state index contributed by atoms with van der Waals surface area (Å²) in [6.07, 6.45) is 2.19. The first-order valence-corrected chi connectivity index (χ1v) is 8.57. The largest absolute Gasteiger partial charge is 0.398 e. The predicted molar refractivity (Wildman–Crippen MR) is 76.5 cm³/mol. The molecule has 1 aliphatic heterocycles. The van der Waals surface area contributed by atoms with Gasteiger partial charge in [0, 0.05) is 11.8 Å². The van der Waals surface area contributed by atoms with Crippen molar-refractivity contribution in [3.05, 3.63) is 23.2 Å². The van der Waals surface area contributed by atoms with Crippen LogP contribution in [0.3, 0.4) is 0 Å². The van der Waals surface area contributed by atoms with E-state index in [-0.39, 0.29) is 15.6 Å². The van der Waals surface area contributed by atoms with Crippen molar-refractivity contribution in [2.75, 3.05) is 18.0 Å². The maximum atomic E-state index is 12.1. The topological polar surface area (TPSA) is 72.2 Å². The van der Waals surface area contributed by atoms with Crippen molar-refractivity contribution >= 4 is 39.1 Å². The number of hydrogen-bond acceptors (Lipinski definition) is 4. The highest BCUT2D eigenvalue weighted by Gasteiger charge is 2.23. The molecule has 1 fully saturated rings. The van der Waals surface area contributed by atoms with Gasteiger partial charge in [-0.25, -0.2) is 13.1 Å². The molecule has 2 rings (SSSR count). The van der Waals surface area contributed by atoms with Crippen LogP contribution >= 0.6 is 23.4 Å². The Hall–Kier alpha value is -0.430. The third-order valence-corrected chi connectivity index (χ3v) is 6.16. The minimum atomic E-state index is -3.63. The minimum absolute atomic E-state index is 0.0188. The van der Waals surface area contributed by atoms with E-state index in [1.165, 1.54) is 12.1 Å². The number of benzene rings is 1. The van der Waals surface area contributed by atoms with E-state index in [4.69, 9.17) is 17.3 Å². The molecule has 18 heavy (non-hydrogen) atoms. The van der Waals surface area contributed by atoms with Crippen molar-refractivity contribution in [2.24, 2.45) is 0 Å². The maximum Gasteiger partial charge on any atom is 0.244 e. The molecule has 1 saturated heterocycles. The van der Waals surface area contributed by atoms with Crippen LogP contribution in [0.4, 0.5) is 5.69 Å². The first kappa shape index (κ1) is 14.0. The van der Waals surface area contributed by atoms with Gasteiger partial charge in [-0.15, -0.1) is 0 Å². The molecule has 0 aliphatic carbocycles. The van der Waals surface area contributed by atoms with Crippen molar-refractivity contribution in [3.8, 4) is 0 Å². The number of nitrogens with two attached hydrogens (primary N) is 1. The molecule has 100 valence electrons. The molecule has 0 aromatic heterocycles. The fraction of sp³-hybridized carbons (Fsp3) is 0.455. The molecule has 0 radical (unpaired) electrons. The van der Waals surface area contributed by atoms with Gasteiger partial charge in [0.05, 0.1) is 10.7 Å². The maximum absolute atomic E-state index is 12.1. The lowest BCUT2D eigenvalue weighted by Gasteiger charge is -2.13. The van der Waals surface area contributed by atoms with Gasteiger partial charge >= 0.3 is 0 Å². The number of thioether (sulfide) groups is 1. The van der Waals surface area contributed by atoms with E-state index in [0.717, 1.165) is 18.6 Å². The Kier molecular flexibility index (Phi) is 4.42. The fourth-order valence-electron chi connectivity index (χ4n) is 1.89. The highest BCUT2D eigenvalue weighted by atomic mass is 35.5. The molecule has 0 saturated carbocycles. The van der Waals surface area contributed by atoms with Gasteiger partial charge in [-0.05, 0) is 30.7 Å². The SMILES string of the molecule is Nc1cccc(Cl)c1S(=O)(=O)NCC1CCCS1. The van der Waals surface area contributed by atoms with Crippen LogP contribution in [0.1, 0.15) is 12.8 Å². The molecule has 3 N–H and O–H groups in total. The van der Waals surface area contributed by atoms with Crippen LogP contribution in [0.25, 0.3) is 0 Å².